The summed E-state index contributed by atoms with van der Waals surface area (Å²) in [5.74, 6) is 0.333. The summed E-state index contributed by atoms with van der Waals surface area (Å²) in [6, 6.07) is 38.5. The van der Waals surface area contributed by atoms with Crippen LogP contribution in [0, 0.1) is 0 Å². The molecule has 0 bridgehead atoms. The van der Waals surface area contributed by atoms with Gasteiger partial charge in [0.1, 0.15) is 0 Å². The molecule has 0 saturated carbocycles. The molecule has 2 nitrogen and oxygen atoms in total. The van der Waals surface area contributed by atoms with Gasteiger partial charge < -0.3 is 10.2 Å². The van der Waals surface area contributed by atoms with Crippen LogP contribution in [0.25, 0.3) is 43.1 Å². The van der Waals surface area contributed by atoms with Crippen molar-refractivity contribution in [3.8, 4) is 0 Å². The fourth-order valence-corrected chi connectivity index (χ4v) is 3.81. The molecule has 0 saturated heterocycles. The minimum absolute atomic E-state index is 0. The number of fused-ring (bicyclic) bond motifs is 6. The van der Waals surface area contributed by atoms with Crippen molar-refractivity contribution in [1.82, 2.24) is 0 Å². The zero-order valence-electron chi connectivity index (χ0n) is 20.3. The van der Waals surface area contributed by atoms with E-state index in [1.54, 1.807) is 0 Å². The molecule has 0 amide bonds. The summed E-state index contributed by atoms with van der Waals surface area (Å²) in [4.78, 5) is 0. The van der Waals surface area contributed by atoms with Crippen LogP contribution in [0.1, 0.15) is 13.8 Å². The van der Waals surface area contributed by atoms with E-state index in [0.717, 1.165) is 0 Å². The quantitative estimate of drug-likeness (QED) is 0.164. The van der Waals surface area contributed by atoms with E-state index in [9.17, 15) is 0 Å². The zero-order chi connectivity index (χ0) is 24.5. The molecule has 0 unspecified atom stereocenters. The molecular formula is C32H30O2Sc-2. The van der Waals surface area contributed by atoms with Crippen LogP contribution in [-0.4, -0.2) is 10.2 Å². The fraction of sp³-hybridized carbons (Fsp3) is 0.0625. The number of aliphatic hydroxyl groups is 2. The number of hydrogen-bond acceptors (Lipinski definition) is 2. The Labute approximate surface area is 226 Å². The third-order valence-electron chi connectivity index (χ3n) is 5.05. The van der Waals surface area contributed by atoms with Gasteiger partial charge in [0.05, 0.1) is 11.5 Å². The van der Waals surface area contributed by atoms with E-state index in [-0.39, 0.29) is 37.4 Å². The average Bonchev–Trinajstić information content (AvgIpc) is 3.37. The molecule has 1 radical (unpaired) electrons. The summed E-state index contributed by atoms with van der Waals surface area (Å²) in [6.07, 6.45) is 0. The molecule has 0 aromatic heterocycles. The standard InChI is InChI=1S/2C13H9.2C3H6O.Sc/c2*1-3-7-12-10(5-1)9-11-6-2-4-8-13(11)12;2*1-3(2)4;/h2*1-9H;2*4H,1H2,2H3;/q2*-1;;;. The van der Waals surface area contributed by atoms with Crippen LogP contribution in [0.2, 0.25) is 0 Å². The van der Waals surface area contributed by atoms with Gasteiger partial charge in [-0.25, -0.2) is 0 Å². The molecule has 0 aliphatic carbocycles. The van der Waals surface area contributed by atoms with Crippen LogP contribution in [0.15, 0.2) is 134 Å². The predicted molar refractivity (Wildman–Crippen MR) is 149 cm³/mol. The zero-order valence-corrected chi connectivity index (χ0v) is 22.1. The van der Waals surface area contributed by atoms with Crippen molar-refractivity contribution in [2.75, 3.05) is 0 Å². The molecule has 6 aromatic carbocycles. The van der Waals surface area contributed by atoms with Crippen LogP contribution in [0.4, 0.5) is 0 Å². The minimum atomic E-state index is 0. The molecule has 6 rings (SSSR count). The van der Waals surface area contributed by atoms with Crippen molar-refractivity contribution in [2.45, 2.75) is 13.8 Å². The summed E-state index contributed by atoms with van der Waals surface area (Å²) in [5, 5.41) is 26.5. The van der Waals surface area contributed by atoms with Crippen LogP contribution in [0.3, 0.4) is 0 Å². The van der Waals surface area contributed by atoms with Crippen molar-refractivity contribution >= 4 is 43.1 Å². The van der Waals surface area contributed by atoms with E-state index in [1.807, 2.05) is 0 Å². The number of hydrogen-bond donors (Lipinski definition) is 2. The normalized spacial score (nSPS) is 9.66. The van der Waals surface area contributed by atoms with Crippen LogP contribution in [0.5, 0.6) is 0 Å². The van der Waals surface area contributed by atoms with Crippen molar-refractivity contribution in [3.63, 3.8) is 0 Å². The average molecular weight is 492 g/mol. The smallest absolute Gasteiger partial charge is 0.0820 e. The monoisotopic (exact) mass is 491 g/mol. The largest absolute Gasteiger partial charge is 0.513 e. The van der Waals surface area contributed by atoms with Crippen molar-refractivity contribution in [3.05, 3.63) is 134 Å². The van der Waals surface area contributed by atoms with E-state index in [2.05, 4.69) is 122 Å². The Morgan fingerprint density at radius 3 is 0.857 bits per heavy atom. The first-order chi connectivity index (χ1) is 16.4. The number of aliphatic hydroxyl groups excluding tert-OH is 2. The molecule has 3 heteroatoms. The third kappa shape index (κ3) is 7.80. The van der Waals surface area contributed by atoms with E-state index >= 15 is 0 Å². The molecule has 0 atom stereocenters. The summed E-state index contributed by atoms with van der Waals surface area (Å²) in [6.45, 7) is 9.28. The van der Waals surface area contributed by atoms with Gasteiger partial charge in [-0.1, -0.05) is 86.0 Å². The van der Waals surface area contributed by atoms with Gasteiger partial charge in [-0.2, -0.15) is 0 Å². The van der Waals surface area contributed by atoms with Gasteiger partial charge in [-0.3, -0.25) is 0 Å². The molecule has 0 aliphatic rings. The topological polar surface area (TPSA) is 40.5 Å². The summed E-state index contributed by atoms with van der Waals surface area (Å²) >= 11 is 0. The second-order valence-electron chi connectivity index (χ2n) is 8.11. The van der Waals surface area contributed by atoms with Crippen LogP contribution < -0.4 is 0 Å². The maximum atomic E-state index is 7.86. The van der Waals surface area contributed by atoms with Gasteiger partial charge in [0.15, 0.2) is 0 Å². The second-order valence-corrected chi connectivity index (χ2v) is 8.11. The predicted octanol–water partition coefficient (Wildman–Crippen LogP) is 9.58. The van der Waals surface area contributed by atoms with E-state index in [4.69, 9.17) is 10.2 Å². The molecule has 0 heterocycles. The first-order valence-electron chi connectivity index (χ1n) is 11.1. The Morgan fingerprint density at radius 2 is 0.657 bits per heavy atom. The number of benzene rings is 4. The summed E-state index contributed by atoms with van der Waals surface area (Å²) < 4.78 is 0. The van der Waals surface area contributed by atoms with Crippen LogP contribution >= 0.6 is 0 Å². The molecule has 0 aliphatic heterocycles. The van der Waals surface area contributed by atoms with E-state index in [1.165, 1.54) is 56.9 Å². The summed E-state index contributed by atoms with van der Waals surface area (Å²) in [5.41, 5.74) is 0. The number of allylic oxidation sites excluding steroid dienone is 2. The Bertz CT molecular complexity index is 1310. The molecule has 175 valence electrons. The first kappa shape index (κ1) is 27.8. The maximum absolute atomic E-state index is 7.86. The van der Waals surface area contributed by atoms with Crippen molar-refractivity contribution < 1.29 is 36.1 Å². The van der Waals surface area contributed by atoms with Gasteiger partial charge in [0.2, 0.25) is 0 Å². The Balaban J connectivity index is 0.000000187. The molecule has 0 fully saturated rings. The Hall–Kier alpha value is -3.43. The SMILES string of the molecule is C=C(C)O.C=C(C)O.[Sc].c1ccc2c(c1)[cH-]c1ccccc12.c1ccc2c(c1)[cH-]c1ccccc12. The van der Waals surface area contributed by atoms with Gasteiger partial charge in [-0.15, -0.1) is 79.5 Å². The third-order valence-corrected chi connectivity index (χ3v) is 5.05. The fourth-order valence-electron chi connectivity index (χ4n) is 3.81. The van der Waals surface area contributed by atoms with Gasteiger partial charge in [0, 0.05) is 25.8 Å². The van der Waals surface area contributed by atoms with Gasteiger partial charge in [-0.05, 0) is 13.8 Å². The van der Waals surface area contributed by atoms with E-state index < -0.39 is 0 Å². The Morgan fingerprint density at radius 1 is 0.486 bits per heavy atom. The van der Waals surface area contributed by atoms with Crippen molar-refractivity contribution in [1.29, 1.82) is 0 Å². The molecular weight excluding hydrogens is 461 g/mol. The molecule has 2 N–H and O–H groups in total. The second kappa shape index (κ2) is 13.5. The Kier molecular flexibility index (Phi) is 10.7. The van der Waals surface area contributed by atoms with Crippen molar-refractivity contribution in [2.24, 2.45) is 0 Å². The number of rotatable bonds is 0. The molecule has 0 spiro atoms. The molecule has 6 aromatic rings. The van der Waals surface area contributed by atoms with Gasteiger partial charge >= 0.3 is 0 Å². The molecule has 35 heavy (non-hydrogen) atoms. The summed E-state index contributed by atoms with van der Waals surface area (Å²) in [7, 11) is 0. The minimum Gasteiger partial charge on any atom is -0.513 e. The van der Waals surface area contributed by atoms with Gasteiger partial charge in [0.25, 0.3) is 0 Å². The van der Waals surface area contributed by atoms with E-state index in [0.29, 0.717) is 0 Å². The first-order valence-corrected chi connectivity index (χ1v) is 11.1. The maximum Gasteiger partial charge on any atom is 0.0820 e. The van der Waals surface area contributed by atoms with Crippen LogP contribution in [-0.2, 0) is 25.8 Å².